The van der Waals surface area contributed by atoms with Crippen LogP contribution in [0.25, 0.3) is 10.9 Å². The molecule has 1 aromatic carbocycles. The number of thiazole rings is 1. The Hall–Kier alpha value is -2.86. The fraction of sp³-hybridized carbons (Fsp3) is 0.133. The summed E-state index contributed by atoms with van der Waals surface area (Å²) in [5.41, 5.74) is 0.613. The first-order valence-electron chi connectivity index (χ1n) is 6.77. The zero-order valence-corrected chi connectivity index (χ0v) is 13.1. The second kappa shape index (κ2) is 6.33. The molecule has 0 spiro atoms. The third kappa shape index (κ3) is 2.72. The number of halogens is 3. The van der Waals surface area contributed by atoms with Crippen molar-refractivity contribution in [3.8, 4) is 6.07 Å². The highest BCUT2D eigenvalue weighted by Gasteiger charge is 2.19. The number of fused-ring (bicyclic) bond motifs is 1. The largest absolute Gasteiger partial charge is 0.378 e. The molecule has 0 unspecified atom stereocenters. The van der Waals surface area contributed by atoms with Gasteiger partial charge >= 0.3 is 0 Å². The lowest BCUT2D eigenvalue weighted by Gasteiger charge is -2.11. The molecule has 0 bridgehead atoms. The van der Waals surface area contributed by atoms with Gasteiger partial charge in [0.1, 0.15) is 11.6 Å². The van der Waals surface area contributed by atoms with Gasteiger partial charge in [0, 0.05) is 24.0 Å². The number of nitrogens with zero attached hydrogens (tertiary/aromatic N) is 3. The van der Waals surface area contributed by atoms with E-state index in [0.717, 1.165) is 12.3 Å². The Labute approximate surface area is 138 Å². The van der Waals surface area contributed by atoms with Crippen LogP contribution in [0.3, 0.4) is 0 Å². The summed E-state index contributed by atoms with van der Waals surface area (Å²) < 4.78 is 40.8. The summed E-state index contributed by atoms with van der Waals surface area (Å²) in [6, 6.07) is 2.72. The van der Waals surface area contributed by atoms with Gasteiger partial charge in [0.15, 0.2) is 22.6 Å². The molecular weight excluding hydrogens is 339 g/mol. The Morgan fingerprint density at radius 3 is 2.75 bits per heavy atom. The summed E-state index contributed by atoms with van der Waals surface area (Å²) in [6.45, 7) is 0.229. The maximum Gasteiger partial charge on any atom is 0.196 e. The maximum absolute atomic E-state index is 13.9. The van der Waals surface area contributed by atoms with Crippen molar-refractivity contribution in [1.29, 1.82) is 5.26 Å². The van der Waals surface area contributed by atoms with Gasteiger partial charge in [-0.15, -0.1) is 11.3 Å². The van der Waals surface area contributed by atoms with Crippen molar-refractivity contribution in [2.45, 2.75) is 6.54 Å². The number of aromatic nitrogens is 2. The van der Waals surface area contributed by atoms with Gasteiger partial charge in [0.2, 0.25) is 0 Å². The second-order valence-corrected chi connectivity index (χ2v) is 5.65. The molecule has 9 heteroatoms. The molecule has 5 nitrogen and oxygen atoms in total. The van der Waals surface area contributed by atoms with Crippen LogP contribution in [0, 0.1) is 28.8 Å². The lowest BCUT2D eigenvalue weighted by atomic mass is 10.1. The highest BCUT2D eigenvalue weighted by Crippen LogP contribution is 2.30. The fourth-order valence-electron chi connectivity index (χ4n) is 2.20. The molecule has 0 atom stereocenters. The van der Waals surface area contributed by atoms with Crippen molar-refractivity contribution < 1.29 is 13.2 Å². The standard InChI is InChI=1S/C15H10F3N5S/c1-20-15-23-8(6-24-15)5-22-13-7(3-19)4-21-14-9(13)2-10(16)11(17)12(14)18/h2,4,6H,5H2,1H3,(H,20,23)(H,21,22). The second-order valence-electron chi connectivity index (χ2n) is 4.79. The molecular formula is C15H10F3N5S. The minimum absolute atomic E-state index is 0.00507. The molecule has 0 fully saturated rings. The van der Waals surface area contributed by atoms with Crippen molar-refractivity contribution in [2.75, 3.05) is 17.7 Å². The summed E-state index contributed by atoms with van der Waals surface area (Å²) in [5, 5.41) is 17.5. The lowest BCUT2D eigenvalue weighted by Crippen LogP contribution is -2.05. The Balaban J connectivity index is 2.06. The van der Waals surface area contributed by atoms with E-state index in [0.29, 0.717) is 10.8 Å². The SMILES string of the molecule is CNc1nc(CNc2c(C#N)cnc3c(F)c(F)c(F)cc23)cs1. The van der Waals surface area contributed by atoms with Gasteiger partial charge in [-0.3, -0.25) is 4.98 Å². The molecule has 0 aliphatic carbocycles. The number of rotatable bonds is 4. The third-order valence-electron chi connectivity index (χ3n) is 3.33. The van der Waals surface area contributed by atoms with Gasteiger partial charge in [-0.05, 0) is 6.07 Å². The van der Waals surface area contributed by atoms with E-state index in [1.807, 2.05) is 6.07 Å². The van der Waals surface area contributed by atoms with Gasteiger partial charge < -0.3 is 10.6 Å². The molecule has 0 aliphatic heterocycles. The number of benzene rings is 1. The van der Waals surface area contributed by atoms with Crippen LogP contribution in [0.2, 0.25) is 0 Å². The molecule has 122 valence electrons. The minimum Gasteiger partial charge on any atom is -0.378 e. The highest BCUT2D eigenvalue weighted by molar-refractivity contribution is 7.13. The smallest absolute Gasteiger partial charge is 0.196 e. The van der Waals surface area contributed by atoms with Crippen LogP contribution in [0.15, 0.2) is 17.6 Å². The van der Waals surface area contributed by atoms with Gasteiger partial charge in [0.05, 0.1) is 23.5 Å². The normalized spacial score (nSPS) is 10.6. The summed E-state index contributed by atoms with van der Waals surface area (Å²) in [6.07, 6.45) is 1.12. The molecule has 0 radical (unpaired) electrons. The molecule has 0 aliphatic rings. The van der Waals surface area contributed by atoms with Gasteiger partial charge in [0.25, 0.3) is 0 Å². The van der Waals surface area contributed by atoms with Crippen molar-refractivity contribution in [3.63, 3.8) is 0 Å². The number of nitriles is 1. The Kier molecular flexibility index (Phi) is 4.22. The first kappa shape index (κ1) is 16.0. The van der Waals surface area contributed by atoms with Crippen LogP contribution in [-0.2, 0) is 6.54 Å². The van der Waals surface area contributed by atoms with E-state index in [4.69, 9.17) is 0 Å². The Morgan fingerprint density at radius 2 is 2.08 bits per heavy atom. The van der Waals surface area contributed by atoms with Crippen molar-refractivity contribution in [3.05, 3.63) is 46.4 Å². The van der Waals surface area contributed by atoms with E-state index in [-0.39, 0.29) is 28.7 Å². The molecule has 2 heterocycles. The van der Waals surface area contributed by atoms with E-state index in [1.54, 1.807) is 12.4 Å². The van der Waals surface area contributed by atoms with E-state index < -0.39 is 17.5 Å². The molecule has 0 saturated carbocycles. The first-order valence-corrected chi connectivity index (χ1v) is 7.65. The lowest BCUT2D eigenvalue weighted by molar-refractivity contribution is 0.452. The van der Waals surface area contributed by atoms with Crippen LogP contribution in [0.4, 0.5) is 24.0 Å². The van der Waals surface area contributed by atoms with E-state index in [9.17, 15) is 18.4 Å². The molecule has 2 aromatic heterocycles. The van der Waals surface area contributed by atoms with Gasteiger partial charge in [-0.1, -0.05) is 0 Å². The Morgan fingerprint density at radius 1 is 1.29 bits per heavy atom. The molecule has 3 aromatic rings. The monoisotopic (exact) mass is 349 g/mol. The van der Waals surface area contributed by atoms with E-state index >= 15 is 0 Å². The summed E-state index contributed by atoms with van der Waals surface area (Å²) in [4.78, 5) is 7.99. The van der Waals surface area contributed by atoms with Crippen LogP contribution in [0.5, 0.6) is 0 Å². The summed E-state index contributed by atoms with van der Waals surface area (Å²) in [7, 11) is 1.74. The van der Waals surface area contributed by atoms with Crippen molar-refractivity contribution in [1.82, 2.24) is 9.97 Å². The number of pyridine rings is 1. The third-order valence-corrected chi connectivity index (χ3v) is 4.24. The van der Waals surface area contributed by atoms with Crippen LogP contribution < -0.4 is 10.6 Å². The van der Waals surface area contributed by atoms with E-state index in [2.05, 4.69) is 20.6 Å². The fourth-order valence-corrected chi connectivity index (χ4v) is 2.87. The van der Waals surface area contributed by atoms with Crippen molar-refractivity contribution in [2.24, 2.45) is 0 Å². The minimum atomic E-state index is -1.59. The number of nitrogens with one attached hydrogen (secondary N) is 2. The van der Waals surface area contributed by atoms with E-state index in [1.165, 1.54) is 11.3 Å². The zero-order chi connectivity index (χ0) is 17.3. The molecule has 0 saturated heterocycles. The topological polar surface area (TPSA) is 73.6 Å². The van der Waals surface area contributed by atoms with Gasteiger partial charge in [-0.2, -0.15) is 5.26 Å². The first-order chi connectivity index (χ1) is 11.5. The van der Waals surface area contributed by atoms with Crippen LogP contribution in [0.1, 0.15) is 11.3 Å². The summed E-state index contributed by atoms with van der Waals surface area (Å²) in [5.74, 6) is -4.32. The number of hydrogen-bond donors (Lipinski definition) is 2. The molecule has 24 heavy (non-hydrogen) atoms. The number of anilines is 2. The predicted octanol–water partition coefficient (Wildman–Crippen LogP) is 3.63. The predicted molar refractivity (Wildman–Crippen MR) is 85.3 cm³/mol. The molecule has 3 rings (SSSR count). The molecule has 2 N–H and O–H groups in total. The highest BCUT2D eigenvalue weighted by atomic mass is 32.1. The maximum atomic E-state index is 13.9. The zero-order valence-electron chi connectivity index (χ0n) is 12.3. The number of hydrogen-bond acceptors (Lipinski definition) is 6. The van der Waals surface area contributed by atoms with Crippen LogP contribution in [-0.4, -0.2) is 17.0 Å². The van der Waals surface area contributed by atoms with Gasteiger partial charge in [-0.25, -0.2) is 18.2 Å². The molecule has 0 amide bonds. The average molecular weight is 349 g/mol. The quantitative estimate of drug-likeness (QED) is 0.704. The average Bonchev–Trinajstić information content (AvgIpc) is 3.05. The van der Waals surface area contributed by atoms with Crippen LogP contribution >= 0.6 is 11.3 Å². The van der Waals surface area contributed by atoms with Crippen molar-refractivity contribution >= 4 is 33.1 Å². The summed E-state index contributed by atoms with van der Waals surface area (Å²) >= 11 is 1.40. The Bertz CT molecular complexity index is 964.